The van der Waals surface area contributed by atoms with Crippen LogP contribution in [-0.4, -0.2) is 18.0 Å². The van der Waals surface area contributed by atoms with Crippen molar-refractivity contribution in [2.75, 3.05) is 5.32 Å². The minimum absolute atomic E-state index is 0.0805. The standard InChI is InChI=1S/C21H23NO4/c1-21(2,3)15-10-8-14(9-11-15)13-25-19(23)12-18-20(24)22-16-6-4-5-7-17(16)26-18/h4-11,18H,12-13H2,1-3H3,(H,22,24). The second kappa shape index (κ2) is 7.20. The molecule has 5 heteroatoms. The van der Waals surface area contributed by atoms with Crippen LogP contribution in [0.15, 0.2) is 48.5 Å². The summed E-state index contributed by atoms with van der Waals surface area (Å²) in [5.74, 6) is -0.248. The number of amides is 1. The predicted molar refractivity (Wildman–Crippen MR) is 99.0 cm³/mol. The molecule has 2 aromatic carbocycles. The zero-order valence-electron chi connectivity index (χ0n) is 15.2. The van der Waals surface area contributed by atoms with Gasteiger partial charge >= 0.3 is 5.97 Å². The number of hydrogen-bond acceptors (Lipinski definition) is 4. The van der Waals surface area contributed by atoms with E-state index in [1.807, 2.05) is 36.4 Å². The van der Waals surface area contributed by atoms with Crippen LogP contribution in [0.2, 0.25) is 0 Å². The van der Waals surface area contributed by atoms with Crippen LogP contribution in [0.1, 0.15) is 38.3 Å². The van der Waals surface area contributed by atoms with Crippen molar-refractivity contribution in [2.24, 2.45) is 0 Å². The molecule has 0 aliphatic carbocycles. The van der Waals surface area contributed by atoms with Crippen LogP contribution in [0.5, 0.6) is 5.75 Å². The molecule has 1 heterocycles. The summed E-state index contributed by atoms with van der Waals surface area (Å²) in [4.78, 5) is 24.1. The number of carbonyl (C=O) groups excluding carboxylic acids is 2. The van der Waals surface area contributed by atoms with Gasteiger partial charge in [0.2, 0.25) is 0 Å². The molecular formula is C21H23NO4. The van der Waals surface area contributed by atoms with Crippen LogP contribution < -0.4 is 10.1 Å². The molecule has 1 amide bonds. The summed E-state index contributed by atoms with van der Waals surface area (Å²) in [5, 5.41) is 2.74. The summed E-state index contributed by atoms with van der Waals surface area (Å²) in [6, 6.07) is 15.1. The molecule has 0 saturated heterocycles. The number of carbonyl (C=O) groups is 2. The SMILES string of the molecule is CC(C)(C)c1ccc(COC(=O)CC2Oc3ccccc3NC2=O)cc1. The highest BCUT2D eigenvalue weighted by molar-refractivity contribution is 5.99. The number of esters is 1. The van der Waals surface area contributed by atoms with Gasteiger partial charge in [-0.3, -0.25) is 9.59 Å². The number of anilines is 1. The van der Waals surface area contributed by atoms with E-state index < -0.39 is 12.1 Å². The Morgan fingerprint density at radius 3 is 2.50 bits per heavy atom. The lowest BCUT2D eigenvalue weighted by Gasteiger charge is -2.25. The Kier molecular flexibility index (Phi) is 4.98. The van der Waals surface area contributed by atoms with Gasteiger partial charge in [-0.05, 0) is 28.7 Å². The van der Waals surface area contributed by atoms with Crippen molar-refractivity contribution in [2.45, 2.75) is 45.3 Å². The van der Waals surface area contributed by atoms with Gasteiger partial charge in [0.25, 0.3) is 5.91 Å². The van der Waals surface area contributed by atoms with E-state index >= 15 is 0 Å². The molecular weight excluding hydrogens is 330 g/mol. The second-order valence-electron chi connectivity index (χ2n) is 7.40. The average Bonchev–Trinajstić information content (AvgIpc) is 2.60. The van der Waals surface area contributed by atoms with Crippen molar-refractivity contribution in [3.63, 3.8) is 0 Å². The smallest absolute Gasteiger partial charge is 0.310 e. The van der Waals surface area contributed by atoms with Gasteiger partial charge in [-0.1, -0.05) is 57.2 Å². The van der Waals surface area contributed by atoms with Gasteiger partial charge in [0.15, 0.2) is 6.10 Å². The fourth-order valence-electron chi connectivity index (χ4n) is 2.70. The first-order chi connectivity index (χ1) is 12.3. The van der Waals surface area contributed by atoms with Gasteiger partial charge in [0.1, 0.15) is 12.4 Å². The highest BCUT2D eigenvalue weighted by Crippen LogP contribution is 2.29. The summed E-state index contributed by atoms with van der Waals surface area (Å²) >= 11 is 0. The fourth-order valence-corrected chi connectivity index (χ4v) is 2.70. The monoisotopic (exact) mass is 353 g/mol. The average molecular weight is 353 g/mol. The van der Waals surface area contributed by atoms with Gasteiger partial charge < -0.3 is 14.8 Å². The first kappa shape index (κ1) is 18.0. The molecule has 0 radical (unpaired) electrons. The number of fused-ring (bicyclic) bond motifs is 1. The van der Waals surface area contributed by atoms with Crippen molar-refractivity contribution in [1.82, 2.24) is 0 Å². The minimum atomic E-state index is -0.874. The van der Waals surface area contributed by atoms with Crippen LogP contribution in [0.4, 0.5) is 5.69 Å². The molecule has 0 saturated carbocycles. The summed E-state index contributed by atoms with van der Waals surface area (Å²) in [6.45, 7) is 6.62. The largest absolute Gasteiger partial charge is 0.478 e. The van der Waals surface area contributed by atoms with Gasteiger partial charge in [0.05, 0.1) is 12.1 Å². The van der Waals surface area contributed by atoms with E-state index in [1.165, 1.54) is 5.56 Å². The highest BCUT2D eigenvalue weighted by Gasteiger charge is 2.30. The third kappa shape index (κ3) is 4.23. The Morgan fingerprint density at radius 2 is 1.81 bits per heavy atom. The summed E-state index contributed by atoms with van der Waals surface area (Å²) < 4.78 is 10.9. The maximum Gasteiger partial charge on any atom is 0.310 e. The number of rotatable bonds is 4. The Bertz CT molecular complexity index is 806. The van der Waals surface area contributed by atoms with E-state index in [4.69, 9.17) is 9.47 Å². The quantitative estimate of drug-likeness (QED) is 0.849. The number of nitrogens with one attached hydrogen (secondary N) is 1. The van der Waals surface area contributed by atoms with Crippen molar-refractivity contribution in [1.29, 1.82) is 0 Å². The van der Waals surface area contributed by atoms with Crippen molar-refractivity contribution in [3.8, 4) is 5.75 Å². The molecule has 1 atom stereocenters. The summed E-state index contributed by atoms with van der Waals surface area (Å²) in [6.07, 6.45) is -0.999. The summed E-state index contributed by atoms with van der Waals surface area (Å²) in [5.41, 5.74) is 2.82. The molecule has 0 aromatic heterocycles. The third-order valence-corrected chi connectivity index (χ3v) is 4.28. The first-order valence-corrected chi connectivity index (χ1v) is 8.64. The molecule has 5 nitrogen and oxygen atoms in total. The highest BCUT2D eigenvalue weighted by atomic mass is 16.5. The molecule has 26 heavy (non-hydrogen) atoms. The number of para-hydroxylation sites is 2. The normalized spacial score (nSPS) is 16.3. The lowest BCUT2D eigenvalue weighted by Crippen LogP contribution is -2.38. The predicted octanol–water partition coefficient (Wildman–Crippen LogP) is 3.82. The van der Waals surface area contributed by atoms with E-state index in [9.17, 15) is 9.59 Å². The third-order valence-electron chi connectivity index (χ3n) is 4.28. The Labute approximate surface area is 153 Å². The Morgan fingerprint density at radius 1 is 1.12 bits per heavy atom. The Balaban J connectivity index is 1.54. The lowest BCUT2D eigenvalue weighted by molar-refractivity contribution is -0.149. The number of ether oxygens (including phenoxy) is 2. The molecule has 0 spiro atoms. The lowest BCUT2D eigenvalue weighted by atomic mass is 9.87. The molecule has 136 valence electrons. The van der Waals surface area contributed by atoms with Crippen LogP contribution in [0.25, 0.3) is 0 Å². The number of benzene rings is 2. The van der Waals surface area contributed by atoms with Crippen LogP contribution in [-0.2, 0) is 26.3 Å². The van der Waals surface area contributed by atoms with Crippen LogP contribution >= 0.6 is 0 Å². The van der Waals surface area contributed by atoms with Gasteiger partial charge in [0, 0.05) is 0 Å². The zero-order chi connectivity index (χ0) is 18.7. The molecule has 2 aromatic rings. The maximum atomic E-state index is 12.1. The van der Waals surface area contributed by atoms with Gasteiger partial charge in [-0.2, -0.15) is 0 Å². The molecule has 1 aliphatic rings. The van der Waals surface area contributed by atoms with Crippen molar-refractivity contribution >= 4 is 17.6 Å². The molecule has 0 fully saturated rings. The van der Waals surface area contributed by atoms with Crippen LogP contribution in [0, 0.1) is 0 Å². The Hall–Kier alpha value is -2.82. The topological polar surface area (TPSA) is 64.6 Å². The maximum absolute atomic E-state index is 12.1. The number of hydrogen-bond donors (Lipinski definition) is 1. The van der Waals surface area contributed by atoms with Gasteiger partial charge in [-0.25, -0.2) is 0 Å². The molecule has 1 unspecified atom stereocenters. The van der Waals surface area contributed by atoms with E-state index in [0.29, 0.717) is 11.4 Å². The molecule has 0 bridgehead atoms. The fraction of sp³-hybridized carbons (Fsp3) is 0.333. The van der Waals surface area contributed by atoms with Crippen molar-refractivity contribution < 1.29 is 19.1 Å². The summed E-state index contributed by atoms with van der Waals surface area (Å²) in [7, 11) is 0. The molecule has 1 N–H and O–H groups in total. The second-order valence-corrected chi connectivity index (χ2v) is 7.40. The molecule has 1 aliphatic heterocycles. The first-order valence-electron chi connectivity index (χ1n) is 8.64. The van der Waals surface area contributed by atoms with Crippen molar-refractivity contribution in [3.05, 3.63) is 59.7 Å². The van der Waals surface area contributed by atoms with E-state index in [0.717, 1.165) is 5.56 Å². The van der Waals surface area contributed by atoms with E-state index in [-0.39, 0.29) is 24.3 Å². The zero-order valence-corrected chi connectivity index (χ0v) is 15.2. The van der Waals surface area contributed by atoms with E-state index in [2.05, 4.69) is 26.1 Å². The van der Waals surface area contributed by atoms with Crippen LogP contribution in [0.3, 0.4) is 0 Å². The molecule has 3 rings (SSSR count). The van der Waals surface area contributed by atoms with E-state index in [1.54, 1.807) is 12.1 Å². The van der Waals surface area contributed by atoms with Gasteiger partial charge in [-0.15, -0.1) is 0 Å². The minimum Gasteiger partial charge on any atom is -0.478 e.